The first kappa shape index (κ1) is 8.83. The third kappa shape index (κ3) is 2.08. The van der Waals surface area contributed by atoms with E-state index in [9.17, 15) is 8.78 Å². The number of nitrogens with one attached hydrogen (secondary N) is 1. The molecule has 0 aromatic rings. The van der Waals surface area contributed by atoms with Gasteiger partial charge in [-0.25, -0.2) is 0 Å². The molecule has 0 radical (unpaired) electrons. The summed E-state index contributed by atoms with van der Waals surface area (Å²) >= 11 is 0. The van der Waals surface area contributed by atoms with Gasteiger partial charge in [-0.15, -0.1) is 0 Å². The lowest BCUT2D eigenvalue weighted by molar-refractivity contribution is -0.188. The molecule has 0 spiro atoms. The summed E-state index contributed by atoms with van der Waals surface area (Å²) in [5.74, 6) is 0. The van der Waals surface area contributed by atoms with Gasteiger partial charge in [0.25, 0.3) is 0 Å². The zero-order valence-corrected chi connectivity index (χ0v) is 6.27. The van der Waals surface area contributed by atoms with Gasteiger partial charge in [0.1, 0.15) is 5.60 Å². The van der Waals surface area contributed by atoms with Gasteiger partial charge in [0.2, 0.25) is 0 Å². The number of methoxy groups -OCH3 is 1. The average molecular weight is 167 g/mol. The predicted octanol–water partition coefficient (Wildman–Crippen LogP) is 0.214. The maximum atomic E-state index is 11.6. The summed E-state index contributed by atoms with van der Waals surface area (Å²) in [5.41, 5.74) is -0.517. The Labute approximate surface area is 63.7 Å². The molecule has 3 nitrogen and oxygen atoms in total. The molecule has 0 amide bonds. The molecule has 0 aromatic heterocycles. The summed E-state index contributed by atoms with van der Waals surface area (Å²) in [6.45, 7) is -1.59. The number of ether oxygens (including phenoxy) is 2. The zero-order valence-electron chi connectivity index (χ0n) is 6.27. The topological polar surface area (TPSA) is 30.5 Å². The molecule has 11 heavy (non-hydrogen) atoms. The van der Waals surface area contributed by atoms with Crippen LogP contribution in [0.5, 0.6) is 0 Å². The van der Waals surface area contributed by atoms with Gasteiger partial charge in [0, 0.05) is 20.2 Å². The van der Waals surface area contributed by atoms with E-state index in [-0.39, 0.29) is 6.61 Å². The lowest BCUT2D eigenvalue weighted by atomic mass is 9.98. The van der Waals surface area contributed by atoms with Crippen molar-refractivity contribution in [2.45, 2.75) is 12.2 Å². The summed E-state index contributed by atoms with van der Waals surface area (Å²) in [7, 11) is 1.50. The second kappa shape index (κ2) is 3.42. The molecular formula is C6H11F2NO2. The zero-order chi connectivity index (χ0) is 8.32. The highest BCUT2D eigenvalue weighted by molar-refractivity contribution is 4.94. The van der Waals surface area contributed by atoms with E-state index in [1.165, 1.54) is 7.11 Å². The van der Waals surface area contributed by atoms with Crippen LogP contribution < -0.4 is 5.32 Å². The minimum Gasteiger partial charge on any atom is -0.373 e. The highest BCUT2D eigenvalue weighted by Crippen LogP contribution is 2.16. The van der Waals surface area contributed by atoms with Crippen LogP contribution in [-0.4, -0.2) is 39.0 Å². The molecule has 0 aliphatic carbocycles. The Morgan fingerprint density at radius 3 is 2.45 bits per heavy atom. The van der Waals surface area contributed by atoms with Crippen molar-refractivity contribution in [3.8, 4) is 0 Å². The first-order valence-electron chi connectivity index (χ1n) is 3.34. The van der Waals surface area contributed by atoms with Gasteiger partial charge >= 0.3 is 6.61 Å². The van der Waals surface area contributed by atoms with Crippen molar-refractivity contribution in [2.75, 3.05) is 26.8 Å². The standard InChI is InChI=1S/C6H11F2NO2/c1-10-6(2-9-3-6)4-11-5(7)8/h5,9H,2-4H2,1H3. The van der Waals surface area contributed by atoms with Crippen molar-refractivity contribution in [1.29, 1.82) is 0 Å². The van der Waals surface area contributed by atoms with Gasteiger partial charge in [-0.1, -0.05) is 0 Å². The summed E-state index contributed by atoms with van der Waals surface area (Å²) in [4.78, 5) is 0. The molecule has 0 bridgehead atoms. The van der Waals surface area contributed by atoms with Crippen LogP contribution in [0.4, 0.5) is 8.78 Å². The van der Waals surface area contributed by atoms with Gasteiger partial charge in [-0.2, -0.15) is 8.78 Å². The van der Waals surface area contributed by atoms with Crippen molar-refractivity contribution >= 4 is 0 Å². The molecule has 1 aliphatic heterocycles. The third-order valence-corrected chi connectivity index (χ3v) is 1.80. The molecule has 0 unspecified atom stereocenters. The van der Waals surface area contributed by atoms with Crippen LogP contribution in [0.2, 0.25) is 0 Å². The maximum absolute atomic E-state index is 11.6. The summed E-state index contributed by atoms with van der Waals surface area (Å²) in [6.07, 6.45) is 0. The monoisotopic (exact) mass is 167 g/mol. The fraction of sp³-hybridized carbons (Fsp3) is 1.00. The first-order chi connectivity index (χ1) is 5.18. The highest BCUT2D eigenvalue weighted by atomic mass is 19.3. The van der Waals surface area contributed by atoms with Crippen molar-refractivity contribution in [3.05, 3.63) is 0 Å². The second-order valence-corrected chi connectivity index (χ2v) is 2.56. The van der Waals surface area contributed by atoms with Crippen LogP contribution >= 0.6 is 0 Å². The van der Waals surface area contributed by atoms with Crippen LogP contribution in [0.1, 0.15) is 0 Å². The van der Waals surface area contributed by atoms with E-state index >= 15 is 0 Å². The molecule has 1 rings (SSSR count). The van der Waals surface area contributed by atoms with Crippen LogP contribution in [0.25, 0.3) is 0 Å². The lowest BCUT2D eigenvalue weighted by Crippen LogP contribution is -2.63. The number of hydrogen-bond donors (Lipinski definition) is 1. The average Bonchev–Trinajstić information content (AvgIpc) is 1.86. The molecular weight excluding hydrogens is 156 g/mol. The molecule has 1 fully saturated rings. The van der Waals surface area contributed by atoms with Crippen molar-refractivity contribution in [3.63, 3.8) is 0 Å². The normalized spacial score (nSPS) is 21.8. The molecule has 0 saturated carbocycles. The maximum Gasteiger partial charge on any atom is 0.345 e. The highest BCUT2D eigenvalue weighted by Gasteiger charge is 2.37. The molecule has 0 atom stereocenters. The number of alkyl halides is 2. The minimum absolute atomic E-state index is 0.0475. The SMILES string of the molecule is COC1(COC(F)F)CNC1. The largest absolute Gasteiger partial charge is 0.373 e. The van der Waals surface area contributed by atoms with E-state index in [0.717, 1.165) is 0 Å². The lowest BCUT2D eigenvalue weighted by Gasteiger charge is -2.40. The fourth-order valence-corrected chi connectivity index (χ4v) is 0.924. The molecule has 5 heteroatoms. The Bertz CT molecular complexity index is 122. The van der Waals surface area contributed by atoms with E-state index in [1.807, 2.05) is 0 Å². The number of hydrogen-bond acceptors (Lipinski definition) is 3. The van der Waals surface area contributed by atoms with E-state index < -0.39 is 12.2 Å². The van der Waals surface area contributed by atoms with Crippen LogP contribution in [-0.2, 0) is 9.47 Å². The summed E-state index contributed by atoms with van der Waals surface area (Å²) in [6, 6.07) is 0. The third-order valence-electron chi connectivity index (χ3n) is 1.80. The summed E-state index contributed by atoms with van der Waals surface area (Å²) in [5, 5.41) is 2.93. The van der Waals surface area contributed by atoms with Crippen LogP contribution in [0.15, 0.2) is 0 Å². The van der Waals surface area contributed by atoms with Crippen molar-refractivity contribution in [2.24, 2.45) is 0 Å². The Morgan fingerprint density at radius 2 is 2.18 bits per heavy atom. The number of halogens is 2. The molecule has 1 N–H and O–H groups in total. The molecule has 1 aliphatic rings. The Kier molecular flexibility index (Phi) is 2.75. The Morgan fingerprint density at radius 1 is 1.55 bits per heavy atom. The quantitative estimate of drug-likeness (QED) is 0.649. The van der Waals surface area contributed by atoms with E-state index in [4.69, 9.17) is 4.74 Å². The molecule has 1 heterocycles. The van der Waals surface area contributed by atoms with Gasteiger partial charge in [0.05, 0.1) is 6.61 Å². The summed E-state index contributed by atoms with van der Waals surface area (Å²) < 4.78 is 32.3. The van der Waals surface area contributed by atoms with Gasteiger partial charge in [-0.3, -0.25) is 0 Å². The van der Waals surface area contributed by atoms with Crippen molar-refractivity contribution < 1.29 is 18.3 Å². The van der Waals surface area contributed by atoms with E-state index in [0.29, 0.717) is 13.1 Å². The Balaban J connectivity index is 2.22. The smallest absolute Gasteiger partial charge is 0.345 e. The van der Waals surface area contributed by atoms with Gasteiger partial charge in [0.15, 0.2) is 0 Å². The molecule has 66 valence electrons. The molecule has 0 aromatic carbocycles. The predicted molar refractivity (Wildman–Crippen MR) is 34.6 cm³/mol. The Hall–Kier alpha value is -0.260. The van der Waals surface area contributed by atoms with Gasteiger partial charge < -0.3 is 14.8 Å². The first-order valence-corrected chi connectivity index (χ1v) is 3.34. The second-order valence-electron chi connectivity index (χ2n) is 2.56. The molecule has 1 saturated heterocycles. The van der Waals surface area contributed by atoms with Crippen molar-refractivity contribution in [1.82, 2.24) is 5.32 Å². The van der Waals surface area contributed by atoms with Crippen LogP contribution in [0.3, 0.4) is 0 Å². The van der Waals surface area contributed by atoms with Gasteiger partial charge in [-0.05, 0) is 0 Å². The fourth-order valence-electron chi connectivity index (χ4n) is 0.924. The van der Waals surface area contributed by atoms with Crippen LogP contribution in [0, 0.1) is 0 Å². The van der Waals surface area contributed by atoms with E-state index in [1.54, 1.807) is 0 Å². The minimum atomic E-state index is -2.71. The number of rotatable bonds is 4. The van der Waals surface area contributed by atoms with E-state index in [2.05, 4.69) is 10.1 Å².